The van der Waals surface area contributed by atoms with Crippen LogP contribution in [-0.4, -0.2) is 26.7 Å². The zero-order valence-corrected chi connectivity index (χ0v) is 10.8. The van der Waals surface area contributed by atoms with E-state index in [4.69, 9.17) is 26.8 Å². The molecule has 0 atom stereocenters. The first kappa shape index (κ1) is 13.4. The number of hydrogen-bond acceptors (Lipinski definition) is 3. The molecule has 17 heavy (non-hydrogen) atoms. The highest BCUT2D eigenvalue weighted by molar-refractivity contribution is 6.32. The van der Waals surface area contributed by atoms with Gasteiger partial charge in [0, 0.05) is 18.7 Å². The van der Waals surface area contributed by atoms with Crippen LogP contribution < -0.4 is 20.5 Å². The maximum Gasteiger partial charge on any atom is 0.193 e. The lowest BCUT2D eigenvalue weighted by atomic mass is 10.2. The Labute approximate surface area is 106 Å². The van der Waals surface area contributed by atoms with Crippen LogP contribution in [0.15, 0.2) is 17.1 Å². The number of guanidine groups is 1. The predicted molar refractivity (Wildman–Crippen MR) is 70.3 cm³/mol. The van der Waals surface area contributed by atoms with E-state index in [0.29, 0.717) is 34.7 Å². The Kier molecular flexibility index (Phi) is 4.90. The van der Waals surface area contributed by atoms with Crippen LogP contribution in [0.25, 0.3) is 0 Å². The van der Waals surface area contributed by atoms with Gasteiger partial charge in [-0.25, -0.2) is 0 Å². The molecule has 0 unspecified atom stereocenters. The van der Waals surface area contributed by atoms with Gasteiger partial charge in [0.05, 0.1) is 24.9 Å². The summed E-state index contributed by atoms with van der Waals surface area (Å²) in [5.74, 6) is 1.43. The monoisotopic (exact) mass is 257 g/mol. The number of anilines is 1. The quantitative estimate of drug-likeness (QED) is 0.640. The average Bonchev–Trinajstić information content (AvgIpc) is 2.31. The van der Waals surface area contributed by atoms with Crippen LogP contribution in [-0.2, 0) is 0 Å². The molecule has 0 fully saturated rings. The van der Waals surface area contributed by atoms with Crippen molar-refractivity contribution in [2.45, 2.75) is 6.92 Å². The van der Waals surface area contributed by atoms with E-state index in [1.807, 2.05) is 6.92 Å². The molecule has 0 spiro atoms. The highest BCUT2D eigenvalue weighted by Crippen LogP contribution is 2.35. The maximum absolute atomic E-state index is 5.98. The van der Waals surface area contributed by atoms with Gasteiger partial charge >= 0.3 is 0 Å². The van der Waals surface area contributed by atoms with Crippen LogP contribution in [0.4, 0.5) is 5.69 Å². The molecule has 5 nitrogen and oxygen atoms in total. The Morgan fingerprint density at radius 2 is 2.00 bits per heavy atom. The van der Waals surface area contributed by atoms with Crippen LogP contribution in [0.3, 0.4) is 0 Å². The van der Waals surface area contributed by atoms with Gasteiger partial charge in [-0.2, -0.15) is 0 Å². The summed E-state index contributed by atoms with van der Waals surface area (Å²) in [5, 5.41) is 3.40. The van der Waals surface area contributed by atoms with Gasteiger partial charge in [-0.3, -0.25) is 4.99 Å². The number of rotatable bonds is 4. The minimum atomic E-state index is 0.315. The van der Waals surface area contributed by atoms with Gasteiger partial charge in [-0.05, 0) is 6.92 Å². The fourth-order valence-electron chi connectivity index (χ4n) is 1.31. The first-order chi connectivity index (χ1) is 8.12. The second-order valence-corrected chi connectivity index (χ2v) is 3.58. The Morgan fingerprint density at radius 1 is 1.35 bits per heavy atom. The minimum Gasteiger partial charge on any atom is -0.495 e. The van der Waals surface area contributed by atoms with E-state index in [-0.39, 0.29) is 0 Å². The molecule has 1 aromatic carbocycles. The zero-order valence-electron chi connectivity index (χ0n) is 10.1. The number of benzene rings is 1. The predicted octanol–water partition coefficient (Wildman–Crippen LogP) is 2.10. The summed E-state index contributed by atoms with van der Waals surface area (Å²) >= 11 is 5.98. The van der Waals surface area contributed by atoms with E-state index < -0.39 is 0 Å². The molecule has 0 amide bonds. The molecule has 0 radical (unpaired) electrons. The largest absolute Gasteiger partial charge is 0.495 e. The van der Waals surface area contributed by atoms with Gasteiger partial charge in [0.15, 0.2) is 5.96 Å². The lowest BCUT2D eigenvalue weighted by Gasteiger charge is -2.13. The first-order valence-corrected chi connectivity index (χ1v) is 5.48. The van der Waals surface area contributed by atoms with Gasteiger partial charge in [0.25, 0.3) is 0 Å². The third-order valence-electron chi connectivity index (χ3n) is 2.07. The summed E-state index contributed by atoms with van der Waals surface area (Å²) in [6, 6.07) is 3.36. The number of methoxy groups -OCH3 is 2. The van der Waals surface area contributed by atoms with Gasteiger partial charge < -0.3 is 20.5 Å². The van der Waals surface area contributed by atoms with Crippen LogP contribution >= 0.6 is 11.6 Å². The first-order valence-electron chi connectivity index (χ1n) is 5.10. The highest BCUT2D eigenvalue weighted by atomic mass is 35.5. The van der Waals surface area contributed by atoms with Crippen molar-refractivity contribution in [3.05, 3.63) is 17.2 Å². The number of nitrogens with one attached hydrogen (secondary N) is 1. The summed E-state index contributed by atoms with van der Waals surface area (Å²) in [6.07, 6.45) is 0. The fourth-order valence-corrected chi connectivity index (χ4v) is 1.54. The van der Waals surface area contributed by atoms with Crippen LogP contribution in [0, 0.1) is 0 Å². The number of hydrogen-bond donors (Lipinski definition) is 2. The summed E-state index contributed by atoms with van der Waals surface area (Å²) in [6.45, 7) is 2.50. The van der Waals surface area contributed by atoms with Crippen LogP contribution in [0.5, 0.6) is 11.5 Å². The molecule has 6 heteroatoms. The van der Waals surface area contributed by atoms with Gasteiger partial charge in [0.1, 0.15) is 11.5 Å². The van der Waals surface area contributed by atoms with E-state index in [1.54, 1.807) is 26.4 Å². The number of nitrogens with two attached hydrogens (primary N) is 1. The number of halogens is 1. The molecule has 0 heterocycles. The standard InChI is InChI=1S/C11H16ClN3O2/c1-4-14-11(13)15-8-6-9(16-2)7(12)5-10(8)17-3/h5-6H,4H2,1-3H3,(H3,13,14,15). The van der Waals surface area contributed by atoms with E-state index in [9.17, 15) is 0 Å². The van der Waals surface area contributed by atoms with Crippen molar-refractivity contribution in [1.82, 2.24) is 0 Å². The highest BCUT2D eigenvalue weighted by Gasteiger charge is 2.10. The Balaban J connectivity index is 3.08. The smallest absolute Gasteiger partial charge is 0.193 e. The molecule has 3 N–H and O–H groups in total. The van der Waals surface area contributed by atoms with Crippen molar-refractivity contribution in [3.63, 3.8) is 0 Å². The molecule has 0 aliphatic carbocycles. The summed E-state index contributed by atoms with van der Waals surface area (Å²) in [5.41, 5.74) is 6.33. The van der Waals surface area contributed by atoms with E-state index >= 15 is 0 Å². The van der Waals surface area contributed by atoms with Crippen molar-refractivity contribution in [2.75, 3.05) is 26.1 Å². The lowest BCUT2D eigenvalue weighted by Crippen LogP contribution is -2.23. The van der Waals surface area contributed by atoms with Crippen LogP contribution in [0.2, 0.25) is 5.02 Å². The lowest BCUT2D eigenvalue weighted by molar-refractivity contribution is 0.405. The molecule has 0 aliphatic rings. The average molecular weight is 258 g/mol. The second kappa shape index (κ2) is 6.20. The van der Waals surface area contributed by atoms with Crippen molar-refractivity contribution in [3.8, 4) is 11.5 Å². The molecule has 0 bridgehead atoms. The number of ether oxygens (including phenoxy) is 2. The molecule has 1 aromatic rings. The molecule has 0 saturated carbocycles. The minimum absolute atomic E-state index is 0.315. The third-order valence-corrected chi connectivity index (χ3v) is 2.36. The van der Waals surface area contributed by atoms with Crippen molar-refractivity contribution < 1.29 is 9.47 Å². The van der Waals surface area contributed by atoms with Crippen molar-refractivity contribution in [2.24, 2.45) is 10.7 Å². The van der Waals surface area contributed by atoms with Crippen LogP contribution in [0.1, 0.15) is 6.92 Å². The molecule has 94 valence electrons. The van der Waals surface area contributed by atoms with Crippen molar-refractivity contribution in [1.29, 1.82) is 0 Å². The third kappa shape index (κ3) is 3.42. The molecule has 0 aromatic heterocycles. The molecule has 1 rings (SSSR count). The summed E-state index contributed by atoms with van der Waals surface area (Å²) in [7, 11) is 3.09. The normalized spacial score (nSPS) is 11.2. The Morgan fingerprint density at radius 3 is 2.53 bits per heavy atom. The zero-order chi connectivity index (χ0) is 12.8. The fraction of sp³-hybridized carbons (Fsp3) is 0.364. The maximum atomic E-state index is 5.98. The van der Waals surface area contributed by atoms with E-state index in [1.165, 1.54) is 0 Å². The molecular formula is C11H16ClN3O2. The summed E-state index contributed by atoms with van der Waals surface area (Å²) in [4.78, 5) is 4.03. The van der Waals surface area contributed by atoms with Gasteiger partial charge in [-0.1, -0.05) is 11.6 Å². The Hall–Kier alpha value is -1.62. The molecule has 0 aliphatic heterocycles. The molecule has 0 saturated heterocycles. The summed E-state index contributed by atoms with van der Waals surface area (Å²) < 4.78 is 10.3. The number of aliphatic imine (C=N–C) groups is 1. The van der Waals surface area contributed by atoms with E-state index in [0.717, 1.165) is 0 Å². The Bertz CT molecular complexity index is 421. The molecular weight excluding hydrogens is 242 g/mol. The topological polar surface area (TPSA) is 68.9 Å². The SMILES string of the molecule is CCN=C(N)Nc1cc(OC)c(Cl)cc1OC. The van der Waals surface area contributed by atoms with Gasteiger partial charge in [0.2, 0.25) is 0 Å². The van der Waals surface area contributed by atoms with E-state index in [2.05, 4.69) is 10.3 Å². The number of nitrogens with zero attached hydrogens (tertiary/aromatic N) is 1. The second-order valence-electron chi connectivity index (χ2n) is 3.17. The van der Waals surface area contributed by atoms with Crippen molar-refractivity contribution >= 4 is 23.2 Å². The van der Waals surface area contributed by atoms with Gasteiger partial charge in [-0.15, -0.1) is 0 Å².